The minimum atomic E-state index is 0.304. The average Bonchev–Trinajstić information content (AvgIpc) is 2.82. The van der Waals surface area contributed by atoms with Gasteiger partial charge in [0, 0.05) is 15.8 Å². The van der Waals surface area contributed by atoms with Gasteiger partial charge < -0.3 is 5.73 Å². The molecule has 1 saturated carbocycles. The van der Waals surface area contributed by atoms with Crippen molar-refractivity contribution in [3.8, 4) is 0 Å². The summed E-state index contributed by atoms with van der Waals surface area (Å²) in [6.45, 7) is 2.20. The highest BCUT2D eigenvalue weighted by Gasteiger charge is 2.24. The van der Waals surface area contributed by atoms with Crippen LogP contribution in [-0.2, 0) is 6.42 Å². The summed E-state index contributed by atoms with van der Waals surface area (Å²) in [5, 5.41) is 0. The minimum Gasteiger partial charge on any atom is -0.323 e. The molecule has 2 rings (SSSR count). The molecule has 13 heavy (non-hydrogen) atoms. The van der Waals surface area contributed by atoms with Crippen molar-refractivity contribution in [3.05, 3.63) is 21.9 Å². The van der Waals surface area contributed by atoms with Gasteiger partial charge >= 0.3 is 0 Å². The number of hydrogen-bond acceptors (Lipinski definition) is 2. The number of thiophene rings is 1. The van der Waals surface area contributed by atoms with E-state index in [1.165, 1.54) is 29.0 Å². The molecule has 0 unspecified atom stereocenters. The van der Waals surface area contributed by atoms with Crippen LogP contribution in [0.3, 0.4) is 0 Å². The SMILES string of the molecule is CCc1ccc([C@@H](N)CC2CC2)s1. The summed E-state index contributed by atoms with van der Waals surface area (Å²) in [6.07, 6.45) is 5.14. The van der Waals surface area contributed by atoms with E-state index in [-0.39, 0.29) is 0 Å². The summed E-state index contributed by atoms with van der Waals surface area (Å²) in [4.78, 5) is 2.84. The van der Waals surface area contributed by atoms with Crippen molar-refractivity contribution in [2.24, 2.45) is 11.7 Å². The van der Waals surface area contributed by atoms with Crippen molar-refractivity contribution < 1.29 is 0 Å². The molecular weight excluding hydrogens is 178 g/mol. The zero-order chi connectivity index (χ0) is 9.26. The lowest BCUT2D eigenvalue weighted by molar-refractivity contribution is 0.605. The predicted molar refractivity (Wildman–Crippen MR) is 58.0 cm³/mol. The molecule has 1 nitrogen and oxygen atoms in total. The maximum absolute atomic E-state index is 6.11. The molecule has 0 aromatic carbocycles. The molecule has 1 fully saturated rings. The first-order valence-corrected chi connectivity index (χ1v) is 5.95. The molecule has 1 aromatic rings. The normalized spacial score (nSPS) is 18.9. The molecule has 72 valence electrons. The molecule has 0 aliphatic heterocycles. The van der Waals surface area contributed by atoms with Crippen molar-refractivity contribution in [1.82, 2.24) is 0 Å². The van der Waals surface area contributed by atoms with Gasteiger partial charge in [-0.3, -0.25) is 0 Å². The summed E-state index contributed by atoms with van der Waals surface area (Å²) in [7, 11) is 0. The molecular formula is C11H17NS. The third-order valence-electron chi connectivity index (χ3n) is 2.68. The first-order chi connectivity index (χ1) is 6.29. The lowest BCUT2D eigenvalue weighted by atomic mass is 10.1. The Bertz CT molecular complexity index is 275. The highest BCUT2D eigenvalue weighted by atomic mass is 32.1. The van der Waals surface area contributed by atoms with Crippen LogP contribution in [-0.4, -0.2) is 0 Å². The van der Waals surface area contributed by atoms with Crippen LogP contribution < -0.4 is 5.73 Å². The maximum atomic E-state index is 6.11. The molecule has 1 aliphatic rings. The molecule has 0 amide bonds. The fourth-order valence-electron chi connectivity index (χ4n) is 1.61. The van der Waals surface area contributed by atoms with Gasteiger partial charge in [-0.2, -0.15) is 0 Å². The van der Waals surface area contributed by atoms with Crippen LogP contribution in [0.4, 0.5) is 0 Å². The van der Waals surface area contributed by atoms with E-state index in [4.69, 9.17) is 5.73 Å². The van der Waals surface area contributed by atoms with Gasteiger partial charge in [0.2, 0.25) is 0 Å². The van der Waals surface area contributed by atoms with Crippen molar-refractivity contribution in [3.63, 3.8) is 0 Å². The largest absolute Gasteiger partial charge is 0.323 e. The summed E-state index contributed by atoms with van der Waals surface area (Å²) in [5.74, 6) is 0.933. The van der Waals surface area contributed by atoms with E-state index < -0.39 is 0 Å². The number of nitrogens with two attached hydrogens (primary N) is 1. The Kier molecular flexibility index (Phi) is 2.70. The number of aryl methyl sites for hydroxylation is 1. The monoisotopic (exact) mass is 195 g/mol. The Morgan fingerprint density at radius 1 is 1.54 bits per heavy atom. The van der Waals surface area contributed by atoms with Crippen LogP contribution in [0.15, 0.2) is 12.1 Å². The van der Waals surface area contributed by atoms with Crippen LogP contribution in [0, 0.1) is 5.92 Å². The highest BCUT2D eigenvalue weighted by molar-refractivity contribution is 7.12. The number of rotatable bonds is 4. The summed E-state index contributed by atoms with van der Waals surface area (Å²) in [5.41, 5.74) is 6.11. The van der Waals surface area contributed by atoms with E-state index in [2.05, 4.69) is 19.1 Å². The second-order valence-corrected chi connectivity index (χ2v) is 5.14. The number of hydrogen-bond donors (Lipinski definition) is 1. The molecule has 2 heteroatoms. The summed E-state index contributed by atoms with van der Waals surface area (Å²) < 4.78 is 0. The van der Waals surface area contributed by atoms with Crippen LogP contribution >= 0.6 is 11.3 Å². The Balaban J connectivity index is 1.96. The van der Waals surface area contributed by atoms with E-state index in [1.54, 1.807) is 0 Å². The van der Waals surface area contributed by atoms with Crippen LogP contribution in [0.5, 0.6) is 0 Å². The Labute approximate surface area is 84.0 Å². The molecule has 1 aromatic heterocycles. The zero-order valence-electron chi connectivity index (χ0n) is 8.12. The van der Waals surface area contributed by atoms with Crippen molar-refractivity contribution in [1.29, 1.82) is 0 Å². The predicted octanol–water partition coefficient (Wildman–Crippen LogP) is 3.11. The van der Waals surface area contributed by atoms with E-state index >= 15 is 0 Å². The van der Waals surface area contributed by atoms with E-state index in [9.17, 15) is 0 Å². The van der Waals surface area contributed by atoms with Crippen molar-refractivity contribution in [2.75, 3.05) is 0 Å². The Morgan fingerprint density at radius 2 is 2.31 bits per heavy atom. The molecule has 2 N–H and O–H groups in total. The second kappa shape index (κ2) is 3.81. The fourth-order valence-corrected chi connectivity index (χ4v) is 2.58. The first-order valence-electron chi connectivity index (χ1n) is 5.13. The average molecular weight is 195 g/mol. The summed E-state index contributed by atoms with van der Waals surface area (Å²) in [6, 6.07) is 4.72. The third-order valence-corrected chi connectivity index (χ3v) is 4.04. The zero-order valence-corrected chi connectivity index (χ0v) is 8.94. The van der Waals surface area contributed by atoms with E-state index in [0.29, 0.717) is 6.04 Å². The highest BCUT2D eigenvalue weighted by Crippen LogP contribution is 2.38. The Hall–Kier alpha value is -0.340. The van der Waals surface area contributed by atoms with Gasteiger partial charge in [-0.1, -0.05) is 19.8 Å². The fraction of sp³-hybridized carbons (Fsp3) is 0.636. The van der Waals surface area contributed by atoms with Crippen molar-refractivity contribution in [2.45, 2.75) is 38.6 Å². The molecule has 0 bridgehead atoms. The third kappa shape index (κ3) is 2.32. The van der Waals surface area contributed by atoms with Gasteiger partial charge in [0.15, 0.2) is 0 Å². The lowest BCUT2D eigenvalue weighted by Gasteiger charge is -2.07. The van der Waals surface area contributed by atoms with Gasteiger partial charge in [-0.15, -0.1) is 11.3 Å². The topological polar surface area (TPSA) is 26.0 Å². The summed E-state index contributed by atoms with van der Waals surface area (Å²) >= 11 is 1.89. The van der Waals surface area contributed by atoms with Gasteiger partial charge in [-0.05, 0) is 30.9 Å². The Morgan fingerprint density at radius 3 is 2.85 bits per heavy atom. The maximum Gasteiger partial charge on any atom is 0.0392 e. The van der Waals surface area contributed by atoms with Gasteiger partial charge in [-0.25, -0.2) is 0 Å². The van der Waals surface area contributed by atoms with E-state index in [1.807, 2.05) is 11.3 Å². The minimum absolute atomic E-state index is 0.304. The van der Waals surface area contributed by atoms with Gasteiger partial charge in [0.05, 0.1) is 0 Å². The molecule has 0 radical (unpaired) electrons. The molecule has 1 atom stereocenters. The first kappa shape index (κ1) is 9.22. The molecule has 0 spiro atoms. The van der Waals surface area contributed by atoms with Gasteiger partial charge in [0.25, 0.3) is 0 Å². The standard InChI is InChI=1S/C11H17NS/c1-2-9-5-6-11(13-9)10(12)7-8-3-4-8/h5-6,8,10H,2-4,7,12H2,1H3/t10-/m0/s1. The molecule has 0 saturated heterocycles. The van der Waals surface area contributed by atoms with Crippen LogP contribution in [0.2, 0.25) is 0 Å². The van der Waals surface area contributed by atoms with Crippen molar-refractivity contribution >= 4 is 11.3 Å². The smallest absolute Gasteiger partial charge is 0.0392 e. The lowest BCUT2D eigenvalue weighted by Crippen LogP contribution is -2.08. The molecule has 1 heterocycles. The van der Waals surface area contributed by atoms with Crippen LogP contribution in [0.1, 0.15) is 42.0 Å². The van der Waals surface area contributed by atoms with Crippen LogP contribution in [0.25, 0.3) is 0 Å². The molecule has 1 aliphatic carbocycles. The second-order valence-electron chi connectivity index (χ2n) is 3.94. The quantitative estimate of drug-likeness (QED) is 0.785. The van der Waals surface area contributed by atoms with E-state index in [0.717, 1.165) is 12.3 Å². The van der Waals surface area contributed by atoms with Gasteiger partial charge in [0.1, 0.15) is 0 Å².